The number of anilines is 1. The number of furan rings is 1. The molecule has 3 rings (SSSR count). The Morgan fingerprint density at radius 2 is 1.72 bits per heavy atom. The number of hydrogen-bond donors (Lipinski definition) is 2. The van der Waals surface area contributed by atoms with E-state index in [1.807, 2.05) is 19.1 Å². The second-order valence-corrected chi connectivity index (χ2v) is 6.16. The van der Waals surface area contributed by atoms with E-state index in [0.29, 0.717) is 11.3 Å². The number of nitro benzene ring substituents is 1. The lowest BCUT2D eigenvalue weighted by Crippen LogP contribution is -2.30. The third-order valence-electron chi connectivity index (χ3n) is 3.96. The zero-order chi connectivity index (χ0) is 20.8. The summed E-state index contributed by atoms with van der Waals surface area (Å²) in [5.41, 5.74) is 1.98. The average Bonchev–Trinajstić information content (AvgIpc) is 3.24. The zero-order valence-electron chi connectivity index (χ0n) is 15.4. The molecule has 0 saturated carbocycles. The predicted octanol–water partition coefficient (Wildman–Crippen LogP) is 3.91. The number of amides is 2. The van der Waals surface area contributed by atoms with Gasteiger partial charge in [-0.1, -0.05) is 17.7 Å². The van der Waals surface area contributed by atoms with Crippen molar-refractivity contribution in [3.05, 3.63) is 99.6 Å². The summed E-state index contributed by atoms with van der Waals surface area (Å²) in [5, 5.41) is 16.0. The molecule has 0 radical (unpaired) electrons. The van der Waals surface area contributed by atoms with Crippen molar-refractivity contribution in [1.82, 2.24) is 5.32 Å². The van der Waals surface area contributed by atoms with Crippen LogP contribution in [-0.4, -0.2) is 16.7 Å². The van der Waals surface area contributed by atoms with Crippen molar-refractivity contribution >= 4 is 29.3 Å². The molecule has 2 N–H and O–H groups in total. The summed E-state index contributed by atoms with van der Waals surface area (Å²) in [7, 11) is 0. The van der Waals surface area contributed by atoms with E-state index in [9.17, 15) is 19.7 Å². The fraction of sp³-hybridized carbons (Fsp3) is 0.0476. The number of hydrogen-bond acceptors (Lipinski definition) is 5. The Bertz CT molecular complexity index is 1050. The minimum Gasteiger partial charge on any atom is -0.459 e. The minimum atomic E-state index is -0.595. The van der Waals surface area contributed by atoms with E-state index < -0.39 is 16.7 Å². The van der Waals surface area contributed by atoms with Crippen LogP contribution in [0.1, 0.15) is 21.7 Å². The van der Waals surface area contributed by atoms with Crippen molar-refractivity contribution in [1.29, 1.82) is 0 Å². The molecule has 0 saturated heterocycles. The summed E-state index contributed by atoms with van der Waals surface area (Å²) in [5.74, 6) is -1.10. The molecule has 2 amide bonds. The van der Waals surface area contributed by atoms with E-state index in [1.165, 1.54) is 42.7 Å². The molecular formula is C21H17N3O5. The van der Waals surface area contributed by atoms with E-state index in [0.717, 1.165) is 5.56 Å². The van der Waals surface area contributed by atoms with E-state index in [4.69, 9.17) is 4.42 Å². The molecule has 0 aliphatic heterocycles. The van der Waals surface area contributed by atoms with Gasteiger partial charge in [-0.3, -0.25) is 19.7 Å². The average molecular weight is 391 g/mol. The molecule has 29 heavy (non-hydrogen) atoms. The van der Waals surface area contributed by atoms with Gasteiger partial charge in [-0.2, -0.15) is 0 Å². The number of benzene rings is 2. The highest BCUT2D eigenvalue weighted by Crippen LogP contribution is 2.16. The van der Waals surface area contributed by atoms with E-state index in [1.54, 1.807) is 18.2 Å². The summed E-state index contributed by atoms with van der Waals surface area (Å²) in [6.45, 7) is 1.93. The third-order valence-corrected chi connectivity index (χ3v) is 3.96. The van der Waals surface area contributed by atoms with Gasteiger partial charge in [0.05, 0.1) is 11.2 Å². The molecule has 146 valence electrons. The molecule has 1 heterocycles. The van der Waals surface area contributed by atoms with Crippen LogP contribution < -0.4 is 10.6 Å². The Labute approximate surface area is 166 Å². The number of carbonyl (C=O) groups excluding carboxylic acids is 2. The van der Waals surface area contributed by atoms with Crippen molar-refractivity contribution in [2.75, 3.05) is 5.32 Å². The van der Waals surface area contributed by atoms with Crippen molar-refractivity contribution in [3.63, 3.8) is 0 Å². The second-order valence-electron chi connectivity index (χ2n) is 6.16. The van der Waals surface area contributed by atoms with Crippen LogP contribution in [-0.2, 0) is 4.79 Å². The van der Waals surface area contributed by atoms with Gasteiger partial charge in [0.1, 0.15) is 5.70 Å². The van der Waals surface area contributed by atoms with Gasteiger partial charge in [0.15, 0.2) is 5.76 Å². The van der Waals surface area contributed by atoms with Crippen molar-refractivity contribution in [3.8, 4) is 0 Å². The normalized spacial score (nSPS) is 11.0. The lowest BCUT2D eigenvalue weighted by molar-refractivity contribution is -0.384. The monoisotopic (exact) mass is 391 g/mol. The Kier molecular flexibility index (Phi) is 5.84. The van der Waals surface area contributed by atoms with Crippen LogP contribution in [0.3, 0.4) is 0 Å². The van der Waals surface area contributed by atoms with Crippen LogP contribution in [0.15, 0.2) is 77.0 Å². The second kappa shape index (κ2) is 8.66. The molecule has 3 aromatic rings. The van der Waals surface area contributed by atoms with Crippen LogP contribution in [0.2, 0.25) is 0 Å². The van der Waals surface area contributed by atoms with E-state index >= 15 is 0 Å². The largest absolute Gasteiger partial charge is 0.459 e. The lowest BCUT2D eigenvalue weighted by atomic mass is 10.1. The number of carbonyl (C=O) groups is 2. The molecule has 2 aromatic carbocycles. The van der Waals surface area contributed by atoms with Gasteiger partial charge in [0.2, 0.25) is 0 Å². The summed E-state index contributed by atoms with van der Waals surface area (Å²) in [6, 6.07) is 15.8. The summed E-state index contributed by atoms with van der Waals surface area (Å²) in [4.78, 5) is 35.4. The van der Waals surface area contributed by atoms with Gasteiger partial charge in [0.25, 0.3) is 17.5 Å². The summed E-state index contributed by atoms with van der Waals surface area (Å²) >= 11 is 0. The molecule has 0 unspecified atom stereocenters. The number of nitro groups is 1. The van der Waals surface area contributed by atoms with Gasteiger partial charge >= 0.3 is 0 Å². The fourth-order valence-electron chi connectivity index (χ4n) is 2.44. The lowest BCUT2D eigenvalue weighted by Gasteiger charge is -2.10. The van der Waals surface area contributed by atoms with E-state index in [2.05, 4.69) is 10.6 Å². The van der Waals surface area contributed by atoms with Crippen LogP contribution in [0.5, 0.6) is 0 Å². The van der Waals surface area contributed by atoms with Gasteiger partial charge in [0, 0.05) is 17.8 Å². The highest BCUT2D eigenvalue weighted by Gasteiger charge is 2.17. The van der Waals surface area contributed by atoms with E-state index in [-0.39, 0.29) is 17.1 Å². The smallest absolute Gasteiger partial charge is 0.291 e. The van der Waals surface area contributed by atoms with Gasteiger partial charge in [-0.25, -0.2) is 0 Å². The predicted molar refractivity (Wildman–Crippen MR) is 107 cm³/mol. The molecule has 8 heteroatoms. The van der Waals surface area contributed by atoms with Gasteiger partial charge in [-0.05, 0) is 55.0 Å². The van der Waals surface area contributed by atoms with Crippen molar-refractivity contribution in [2.45, 2.75) is 6.92 Å². The van der Waals surface area contributed by atoms with Gasteiger partial charge < -0.3 is 15.1 Å². The molecule has 0 spiro atoms. The standard InChI is InChI=1S/C21H17N3O5/c1-14-4-8-16(9-5-14)22-20(25)18(23-21(26)19-3-2-12-29-19)13-15-6-10-17(11-7-15)24(27)28/h2-13H,1H3,(H,22,25)(H,23,26)/b18-13+. The molecule has 0 aliphatic carbocycles. The Morgan fingerprint density at radius 1 is 1.03 bits per heavy atom. The maximum atomic E-state index is 12.7. The summed E-state index contributed by atoms with van der Waals surface area (Å²) in [6.07, 6.45) is 2.77. The molecule has 0 bridgehead atoms. The van der Waals surface area contributed by atoms with Gasteiger partial charge in [-0.15, -0.1) is 0 Å². The first-order valence-corrected chi connectivity index (χ1v) is 8.61. The Morgan fingerprint density at radius 3 is 2.31 bits per heavy atom. The number of non-ortho nitro benzene ring substituents is 1. The first-order chi connectivity index (χ1) is 13.9. The molecule has 0 atom stereocenters. The first-order valence-electron chi connectivity index (χ1n) is 8.61. The van der Waals surface area contributed by atoms with Crippen LogP contribution >= 0.6 is 0 Å². The van der Waals surface area contributed by atoms with Crippen LogP contribution in [0.4, 0.5) is 11.4 Å². The number of nitrogens with one attached hydrogen (secondary N) is 2. The Balaban J connectivity index is 1.87. The topological polar surface area (TPSA) is 114 Å². The number of nitrogens with zero attached hydrogens (tertiary/aromatic N) is 1. The highest BCUT2D eigenvalue weighted by molar-refractivity contribution is 6.10. The zero-order valence-corrected chi connectivity index (χ0v) is 15.4. The quantitative estimate of drug-likeness (QED) is 0.376. The highest BCUT2D eigenvalue weighted by atomic mass is 16.6. The molecule has 1 aromatic heterocycles. The Hall–Kier alpha value is -4.20. The fourth-order valence-corrected chi connectivity index (χ4v) is 2.44. The molecule has 0 fully saturated rings. The minimum absolute atomic E-state index is 0.0409. The third kappa shape index (κ3) is 5.16. The molecular weight excluding hydrogens is 374 g/mol. The van der Waals surface area contributed by atoms with Crippen molar-refractivity contribution < 1.29 is 18.9 Å². The molecule has 8 nitrogen and oxygen atoms in total. The number of rotatable bonds is 6. The maximum absolute atomic E-state index is 12.7. The first kappa shape index (κ1) is 19.6. The molecule has 0 aliphatic rings. The maximum Gasteiger partial charge on any atom is 0.291 e. The number of aryl methyl sites for hydroxylation is 1. The summed E-state index contributed by atoms with van der Waals surface area (Å²) < 4.78 is 5.05. The SMILES string of the molecule is Cc1ccc(NC(=O)/C(=C\c2ccc([N+](=O)[O-])cc2)NC(=O)c2ccco2)cc1. The van der Waals surface area contributed by atoms with Crippen LogP contribution in [0, 0.1) is 17.0 Å². The van der Waals surface area contributed by atoms with Crippen LogP contribution in [0.25, 0.3) is 6.08 Å². The van der Waals surface area contributed by atoms with Crippen molar-refractivity contribution in [2.24, 2.45) is 0 Å².